The van der Waals surface area contributed by atoms with Crippen molar-refractivity contribution in [2.24, 2.45) is 5.92 Å². The first-order chi connectivity index (χ1) is 8.16. The van der Waals surface area contributed by atoms with Gasteiger partial charge in [0.1, 0.15) is 5.75 Å². The molecule has 1 atom stereocenters. The Labute approximate surface area is 111 Å². The summed E-state index contributed by atoms with van der Waals surface area (Å²) in [6, 6.07) is 6.13. The summed E-state index contributed by atoms with van der Waals surface area (Å²) in [7, 11) is -0.0961. The minimum absolute atomic E-state index is 0.0961. The Bertz CT molecular complexity index is 378. The lowest BCUT2D eigenvalue weighted by Crippen LogP contribution is -2.15. The summed E-state index contributed by atoms with van der Waals surface area (Å²) >= 11 is 6.15. The zero-order valence-electron chi connectivity index (χ0n) is 10.4. The van der Waals surface area contributed by atoms with Crippen LogP contribution in [0.25, 0.3) is 0 Å². The third-order valence-electron chi connectivity index (χ3n) is 3.07. The van der Waals surface area contributed by atoms with Crippen LogP contribution in [0.15, 0.2) is 23.1 Å². The van der Waals surface area contributed by atoms with Crippen molar-refractivity contribution in [2.45, 2.75) is 11.3 Å². The SMILES string of the molecule is C[SH](C)c1ccc(Cl)c(OCC2CCNC2)c1. The van der Waals surface area contributed by atoms with Crippen molar-refractivity contribution in [1.29, 1.82) is 0 Å². The van der Waals surface area contributed by atoms with E-state index in [0.29, 0.717) is 5.92 Å². The first kappa shape index (κ1) is 13.1. The van der Waals surface area contributed by atoms with Crippen molar-refractivity contribution in [2.75, 3.05) is 32.2 Å². The maximum atomic E-state index is 6.15. The fraction of sp³-hybridized carbons (Fsp3) is 0.538. The molecule has 17 heavy (non-hydrogen) atoms. The molecule has 1 saturated heterocycles. The molecule has 0 bridgehead atoms. The molecule has 0 spiro atoms. The Morgan fingerprint density at radius 2 is 2.29 bits per heavy atom. The normalized spacial score (nSPS) is 20.4. The third kappa shape index (κ3) is 3.54. The number of halogens is 1. The molecule has 0 saturated carbocycles. The standard InChI is InChI=1S/C13H20ClNOS/c1-17(2)11-3-4-12(14)13(7-11)16-9-10-5-6-15-8-10/h3-4,7,10,15,17H,5-6,8-9H2,1-2H3. The van der Waals surface area contributed by atoms with Crippen molar-refractivity contribution in [3.63, 3.8) is 0 Å². The fourth-order valence-electron chi connectivity index (χ4n) is 1.95. The smallest absolute Gasteiger partial charge is 0.138 e. The number of benzene rings is 1. The number of hydrogen-bond donors (Lipinski definition) is 2. The molecule has 1 aliphatic heterocycles. The average Bonchev–Trinajstić information content (AvgIpc) is 2.80. The Morgan fingerprint density at radius 1 is 1.47 bits per heavy atom. The topological polar surface area (TPSA) is 21.3 Å². The quantitative estimate of drug-likeness (QED) is 0.823. The molecule has 1 N–H and O–H groups in total. The van der Waals surface area contributed by atoms with Crippen LogP contribution in [0.1, 0.15) is 6.42 Å². The van der Waals surface area contributed by atoms with Crippen molar-refractivity contribution >= 4 is 22.5 Å². The van der Waals surface area contributed by atoms with Crippen molar-refractivity contribution in [1.82, 2.24) is 5.32 Å². The van der Waals surface area contributed by atoms with Crippen LogP contribution in [-0.2, 0) is 0 Å². The van der Waals surface area contributed by atoms with Crippen molar-refractivity contribution in [3.05, 3.63) is 23.2 Å². The van der Waals surface area contributed by atoms with E-state index in [0.717, 1.165) is 30.5 Å². The number of ether oxygens (including phenoxy) is 1. The molecule has 2 nitrogen and oxygen atoms in total. The van der Waals surface area contributed by atoms with Gasteiger partial charge in [-0.25, -0.2) is 10.9 Å². The van der Waals surface area contributed by atoms with Gasteiger partial charge in [-0.3, -0.25) is 0 Å². The molecule has 1 aromatic rings. The molecule has 96 valence electrons. The van der Waals surface area contributed by atoms with Crippen LogP contribution in [0.3, 0.4) is 0 Å². The highest BCUT2D eigenvalue weighted by Gasteiger charge is 2.15. The Kier molecular flexibility index (Phi) is 4.60. The van der Waals surface area contributed by atoms with Crippen LogP contribution >= 0.6 is 22.5 Å². The lowest BCUT2D eigenvalue weighted by atomic mass is 10.1. The van der Waals surface area contributed by atoms with Crippen molar-refractivity contribution in [3.8, 4) is 5.75 Å². The van der Waals surface area contributed by atoms with Gasteiger partial charge >= 0.3 is 0 Å². The molecule has 2 rings (SSSR count). The molecule has 1 fully saturated rings. The molecule has 1 heterocycles. The van der Waals surface area contributed by atoms with Gasteiger partial charge in [-0.05, 0) is 48.6 Å². The largest absolute Gasteiger partial charge is 0.492 e. The molecule has 4 heteroatoms. The molecule has 1 aromatic carbocycles. The molecule has 1 aliphatic rings. The summed E-state index contributed by atoms with van der Waals surface area (Å²) in [5.41, 5.74) is 0. The lowest BCUT2D eigenvalue weighted by Gasteiger charge is -2.15. The zero-order chi connectivity index (χ0) is 12.3. The van der Waals surface area contributed by atoms with Crippen LogP contribution in [0.2, 0.25) is 5.02 Å². The Morgan fingerprint density at radius 3 is 2.94 bits per heavy atom. The van der Waals surface area contributed by atoms with Crippen LogP contribution in [0, 0.1) is 5.92 Å². The average molecular weight is 274 g/mol. The van der Waals surface area contributed by atoms with E-state index in [2.05, 4.69) is 30.0 Å². The number of thiol groups is 1. The van der Waals surface area contributed by atoms with Crippen molar-refractivity contribution < 1.29 is 4.74 Å². The predicted molar refractivity (Wildman–Crippen MR) is 77.0 cm³/mol. The van der Waals surface area contributed by atoms with E-state index in [9.17, 15) is 0 Å². The summed E-state index contributed by atoms with van der Waals surface area (Å²) in [6.07, 6.45) is 5.68. The predicted octanol–water partition coefficient (Wildman–Crippen LogP) is 2.95. The second kappa shape index (κ2) is 5.98. The van der Waals surface area contributed by atoms with Gasteiger partial charge in [-0.1, -0.05) is 11.6 Å². The van der Waals surface area contributed by atoms with E-state index in [1.54, 1.807) is 0 Å². The van der Waals surface area contributed by atoms with Crippen LogP contribution < -0.4 is 10.1 Å². The molecule has 0 amide bonds. The zero-order valence-corrected chi connectivity index (χ0v) is 12.0. The lowest BCUT2D eigenvalue weighted by molar-refractivity contribution is 0.259. The highest BCUT2D eigenvalue weighted by Crippen LogP contribution is 2.35. The van der Waals surface area contributed by atoms with Gasteiger partial charge in [0.2, 0.25) is 0 Å². The number of hydrogen-bond acceptors (Lipinski definition) is 2. The van der Waals surface area contributed by atoms with Gasteiger partial charge in [-0.2, -0.15) is 0 Å². The first-order valence-corrected chi connectivity index (χ1v) is 8.58. The van der Waals surface area contributed by atoms with E-state index in [1.807, 2.05) is 6.07 Å². The molecule has 0 radical (unpaired) electrons. The second-order valence-corrected chi connectivity index (χ2v) is 7.39. The van der Waals surface area contributed by atoms with Crippen LogP contribution in [0.4, 0.5) is 0 Å². The maximum Gasteiger partial charge on any atom is 0.138 e. The summed E-state index contributed by atoms with van der Waals surface area (Å²) < 4.78 is 5.85. The summed E-state index contributed by atoms with van der Waals surface area (Å²) in [5.74, 6) is 1.46. The van der Waals surface area contributed by atoms with Gasteiger partial charge in [0.15, 0.2) is 0 Å². The third-order valence-corrected chi connectivity index (χ3v) is 4.69. The maximum absolute atomic E-state index is 6.15. The van der Waals surface area contributed by atoms with Gasteiger partial charge in [0.25, 0.3) is 0 Å². The minimum atomic E-state index is -0.0961. The van der Waals surface area contributed by atoms with Crippen LogP contribution in [-0.4, -0.2) is 32.2 Å². The van der Waals surface area contributed by atoms with E-state index >= 15 is 0 Å². The number of rotatable bonds is 4. The Balaban J connectivity index is 2.00. The summed E-state index contributed by atoms with van der Waals surface area (Å²) in [4.78, 5) is 1.34. The molecule has 1 unspecified atom stereocenters. The van der Waals surface area contributed by atoms with Gasteiger partial charge in [0.05, 0.1) is 11.6 Å². The van der Waals surface area contributed by atoms with E-state index < -0.39 is 0 Å². The first-order valence-electron chi connectivity index (χ1n) is 5.97. The summed E-state index contributed by atoms with van der Waals surface area (Å²) in [5, 5.41) is 4.06. The number of nitrogens with one attached hydrogen (secondary N) is 1. The Hall–Kier alpha value is -0.380. The second-order valence-electron chi connectivity index (χ2n) is 4.68. The molecular weight excluding hydrogens is 254 g/mol. The van der Waals surface area contributed by atoms with E-state index in [4.69, 9.17) is 16.3 Å². The summed E-state index contributed by atoms with van der Waals surface area (Å²) in [6.45, 7) is 2.93. The van der Waals surface area contributed by atoms with Gasteiger partial charge in [-0.15, -0.1) is 0 Å². The highest BCUT2D eigenvalue weighted by molar-refractivity contribution is 8.15. The van der Waals surface area contributed by atoms with E-state index in [1.165, 1.54) is 11.3 Å². The molecule has 0 aromatic heterocycles. The van der Waals surface area contributed by atoms with Gasteiger partial charge < -0.3 is 10.1 Å². The van der Waals surface area contributed by atoms with E-state index in [-0.39, 0.29) is 10.9 Å². The molecule has 0 aliphatic carbocycles. The fourth-order valence-corrected chi connectivity index (χ4v) is 2.87. The minimum Gasteiger partial charge on any atom is -0.492 e. The highest BCUT2D eigenvalue weighted by atomic mass is 35.5. The van der Waals surface area contributed by atoms with Crippen LogP contribution in [0.5, 0.6) is 5.75 Å². The molecular formula is C13H20ClNOS. The monoisotopic (exact) mass is 273 g/mol. The van der Waals surface area contributed by atoms with Gasteiger partial charge in [0, 0.05) is 12.5 Å².